The zero-order chi connectivity index (χ0) is 20.3. The summed E-state index contributed by atoms with van der Waals surface area (Å²) in [6.07, 6.45) is 5.74. The van der Waals surface area contributed by atoms with E-state index in [1.165, 1.54) is 29.8 Å². The number of likely N-dealkylation sites (tertiary alicyclic amines) is 1. The van der Waals surface area contributed by atoms with E-state index in [0.29, 0.717) is 11.0 Å². The van der Waals surface area contributed by atoms with Crippen LogP contribution in [-0.2, 0) is 14.8 Å². The molecule has 0 saturated carbocycles. The van der Waals surface area contributed by atoms with Crippen molar-refractivity contribution in [3.05, 3.63) is 35.1 Å². The van der Waals surface area contributed by atoms with E-state index < -0.39 is 21.8 Å². The van der Waals surface area contributed by atoms with Crippen LogP contribution in [0.4, 0.5) is 5.13 Å². The molecule has 0 bridgehead atoms. The van der Waals surface area contributed by atoms with Gasteiger partial charge in [-0.3, -0.25) is 13.6 Å². The predicted octanol–water partition coefficient (Wildman–Crippen LogP) is 0.930. The second kappa shape index (κ2) is 8.41. The van der Waals surface area contributed by atoms with Gasteiger partial charge in [-0.2, -0.15) is 0 Å². The zero-order valence-corrected chi connectivity index (χ0v) is 17.3. The van der Waals surface area contributed by atoms with Gasteiger partial charge in [0.2, 0.25) is 15.9 Å². The molecule has 1 unspecified atom stereocenters. The average Bonchev–Trinajstić information content (AvgIpc) is 3.29. The first kappa shape index (κ1) is 20.5. The third-order valence-electron chi connectivity index (χ3n) is 4.53. The molecular formula is C17H23N5O4S2. The van der Waals surface area contributed by atoms with E-state index in [9.17, 15) is 18.0 Å². The molecule has 2 aromatic heterocycles. The Morgan fingerprint density at radius 1 is 1.39 bits per heavy atom. The number of aromatic nitrogens is 2. The summed E-state index contributed by atoms with van der Waals surface area (Å²) in [5.74, 6) is -0.542. The van der Waals surface area contributed by atoms with Crippen LogP contribution in [0.5, 0.6) is 0 Å². The molecule has 0 aliphatic carbocycles. The van der Waals surface area contributed by atoms with E-state index in [-0.39, 0.29) is 12.1 Å². The van der Waals surface area contributed by atoms with Crippen LogP contribution in [0.15, 0.2) is 23.8 Å². The third-order valence-corrected chi connectivity index (χ3v) is 6.30. The molecule has 11 heteroatoms. The molecule has 0 aromatic carbocycles. The van der Waals surface area contributed by atoms with Gasteiger partial charge in [-0.05, 0) is 32.5 Å². The number of amides is 2. The van der Waals surface area contributed by atoms with Crippen molar-refractivity contribution in [2.75, 3.05) is 38.3 Å². The van der Waals surface area contributed by atoms with Crippen molar-refractivity contribution in [1.29, 1.82) is 0 Å². The first-order chi connectivity index (χ1) is 13.2. The monoisotopic (exact) mass is 425 g/mol. The topological polar surface area (TPSA) is 113 Å². The molecule has 1 atom stereocenters. The Hall–Kier alpha value is -2.24. The second-order valence-corrected chi connectivity index (χ2v) is 9.65. The van der Waals surface area contributed by atoms with Gasteiger partial charge in [-0.15, -0.1) is 11.3 Å². The lowest BCUT2D eigenvalue weighted by molar-refractivity contribution is -0.115. The highest BCUT2D eigenvalue weighted by Crippen LogP contribution is 2.28. The van der Waals surface area contributed by atoms with Gasteiger partial charge in [0.05, 0.1) is 24.1 Å². The molecule has 3 rings (SSSR count). The van der Waals surface area contributed by atoms with Crippen molar-refractivity contribution in [2.24, 2.45) is 0 Å². The van der Waals surface area contributed by atoms with Crippen molar-refractivity contribution in [2.45, 2.75) is 18.8 Å². The molecule has 3 heterocycles. The Labute approximate surface area is 167 Å². The van der Waals surface area contributed by atoms with Gasteiger partial charge in [-0.25, -0.2) is 13.4 Å². The maximum atomic E-state index is 12.1. The molecule has 152 valence electrons. The molecular weight excluding hydrogens is 402 g/mol. The molecule has 1 aliphatic heterocycles. The summed E-state index contributed by atoms with van der Waals surface area (Å²) in [7, 11) is -1.36. The normalized spacial score (nSPS) is 18.0. The number of thiazole rings is 1. The largest absolute Gasteiger partial charge is 0.343 e. The quantitative estimate of drug-likeness (QED) is 0.712. The van der Waals surface area contributed by atoms with Gasteiger partial charge in [0.1, 0.15) is 0 Å². The molecule has 0 radical (unpaired) electrons. The van der Waals surface area contributed by atoms with E-state index in [1.54, 1.807) is 0 Å². The van der Waals surface area contributed by atoms with Gasteiger partial charge >= 0.3 is 0 Å². The molecule has 2 aromatic rings. The van der Waals surface area contributed by atoms with E-state index in [2.05, 4.69) is 27.6 Å². The first-order valence-corrected chi connectivity index (χ1v) is 11.6. The Kier molecular flexibility index (Phi) is 6.16. The number of carbonyl (C=O) groups is 2. The highest BCUT2D eigenvalue weighted by Gasteiger charge is 2.21. The average molecular weight is 426 g/mol. The van der Waals surface area contributed by atoms with Crippen LogP contribution < -0.4 is 10.6 Å². The highest BCUT2D eigenvalue weighted by atomic mass is 32.2. The molecule has 2 amide bonds. The van der Waals surface area contributed by atoms with Crippen LogP contribution in [-0.4, -0.2) is 67.0 Å². The van der Waals surface area contributed by atoms with Crippen molar-refractivity contribution in [3.63, 3.8) is 0 Å². The molecule has 2 N–H and O–H groups in total. The molecule has 28 heavy (non-hydrogen) atoms. The lowest BCUT2D eigenvalue weighted by Gasteiger charge is -2.28. The van der Waals surface area contributed by atoms with Crippen molar-refractivity contribution < 1.29 is 18.0 Å². The maximum Gasteiger partial charge on any atom is 0.253 e. The highest BCUT2D eigenvalue weighted by molar-refractivity contribution is 7.89. The number of hydrogen-bond acceptors (Lipinski definition) is 7. The van der Waals surface area contributed by atoms with Gasteiger partial charge in [0, 0.05) is 30.2 Å². The summed E-state index contributed by atoms with van der Waals surface area (Å²) in [6.45, 7) is 1.82. The standard InChI is InChI=1S/C17H23N5O4S2/c1-21-6-3-4-12(9-21)14-11-27-17(19-14)20-15(23)8-18-16(24)13-5-7-22(10-13)28(2,25)26/h5,7,10-12H,3-4,6,8-9H2,1-2H3,(H,18,24)(H,19,20,23). The summed E-state index contributed by atoms with van der Waals surface area (Å²) in [5, 5.41) is 7.63. The summed E-state index contributed by atoms with van der Waals surface area (Å²) in [5.41, 5.74) is 1.15. The predicted molar refractivity (Wildman–Crippen MR) is 107 cm³/mol. The molecule has 0 spiro atoms. The minimum Gasteiger partial charge on any atom is -0.343 e. The summed E-state index contributed by atoms with van der Waals surface area (Å²) < 4.78 is 23.8. The minimum atomic E-state index is -3.45. The van der Waals surface area contributed by atoms with E-state index in [1.807, 2.05) is 5.38 Å². The second-order valence-electron chi connectivity index (χ2n) is 6.90. The van der Waals surface area contributed by atoms with E-state index in [4.69, 9.17) is 0 Å². The van der Waals surface area contributed by atoms with Gasteiger partial charge < -0.3 is 15.5 Å². The lowest BCUT2D eigenvalue weighted by Crippen LogP contribution is -2.32. The molecule has 1 saturated heterocycles. The summed E-state index contributed by atoms with van der Waals surface area (Å²) in [6, 6.07) is 1.38. The van der Waals surface area contributed by atoms with Crippen molar-refractivity contribution >= 4 is 38.3 Å². The molecule has 1 fully saturated rings. The fourth-order valence-corrected chi connectivity index (χ4v) is 4.48. The number of nitrogens with one attached hydrogen (secondary N) is 2. The fourth-order valence-electron chi connectivity index (χ4n) is 3.08. The SMILES string of the molecule is CN1CCCC(c2csc(NC(=O)CNC(=O)c3ccn(S(C)(=O)=O)c3)n2)C1. The van der Waals surface area contributed by atoms with Crippen LogP contribution in [0, 0.1) is 0 Å². The molecule has 9 nitrogen and oxygen atoms in total. The number of rotatable bonds is 6. The summed E-state index contributed by atoms with van der Waals surface area (Å²) in [4.78, 5) is 30.9. The van der Waals surface area contributed by atoms with Crippen LogP contribution in [0.3, 0.4) is 0 Å². The van der Waals surface area contributed by atoms with E-state index in [0.717, 1.165) is 41.9 Å². The van der Waals surface area contributed by atoms with Gasteiger partial charge in [-0.1, -0.05) is 0 Å². The van der Waals surface area contributed by atoms with Crippen molar-refractivity contribution in [3.8, 4) is 0 Å². The van der Waals surface area contributed by atoms with Crippen LogP contribution in [0.1, 0.15) is 34.8 Å². The smallest absolute Gasteiger partial charge is 0.253 e. The number of piperidine rings is 1. The fraction of sp³-hybridized carbons (Fsp3) is 0.471. The van der Waals surface area contributed by atoms with Gasteiger partial charge in [0.25, 0.3) is 5.91 Å². The van der Waals surface area contributed by atoms with Gasteiger partial charge in [0.15, 0.2) is 5.13 Å². The molecule has 1 aliphatic rings. The Balaban J connectivity index is 1.50. The summed E-state index contributed by atoms with van der Waals surface area (Å²) >= 11 is 1.37. The first-order valence-electron chi connectivity index (χ1n) is 8.83. The zero-order valence-electron chi connectivity index (χ0n) is 15.7. The number of hydrogen-bond donors (Lipinski definition) is 2. The Morgan fingerprint density at radius 3 is 2.86 bits per heavy atom. The number of nitrogens with zero attached hydrogens (tertiary/aromatic N) is 3. The minimum absolute atomic E-state index is 0.163. The Bertz CT molecular complexity index is 966. The number of carbonyl (C=O) groups excluding carboxylic acids is 2. The van der Waals surface area contributed by atoms with Crippen LogP contribution >= 0.6 is 11.3 Å². The van der Waals surface area contributed by atoms with Crippen LogP contribution in [0.25, 0.3) is 0 Å². The third kappa shape index (κ3) is 5.18. The van der Waals surface area contributed by atoms with E-state index >= 15 is 0 Å². The number of likely N-dealkylation sites (N-methyl/N-ethyl adjacent to an activating group) is 1. The Morgan fingerprint density at radius 2 is 2.18 bits per heavy atom. The lowest BCUT2D eigenvalue weighted by atomic mass is 9.96. The maximum absolute atomic E-state index is 12.1. The number of anilines is 1. The van der Waals surface area contributed by atoms with Crippen LogP contribution in [0.2, 0.25) is 0 Å². The van der Waals surface area contributed by atoms with Crippen molar-refractivity contribution in [1.82, 2.24) is 19.2 Å².